The maximum atomic E-state index is 5.36. The van der Waals surface area contributed by atoms with Gasteiger partial charge >= 0.3 is 0 Å². The van der Waals surface area contributed by atoms with Gasteiger partial charge in [0.25, 0.3) is 0 Å². The highest BCUT2D eigenvalue weighted by Crippen LogP contribution is 2.37. The van der Waals surface area contributed by atoms with Crippen molar-refractivity contribution in [2.75, 3.05) is 0 Å². The number of aromatic amines is 1. The summed E-state index contributed by atoms with van der Waals surface area (Å²) in [7, 11) is 0. The van der Waals surface area contributed by atoms with Gasteiger partial charge in [-0.1, -0.05) is 12.5 Å². The van der Waals surface area contributed by atoms with Crippen LogP contribution in [0, 0.1) is 10.7 Å². The topological polar surface area (TPSA) is 46.5 Å². The van der Waals surface area contributed by atoms with E-state index >= 15 is 0 Å². The van der Waals surface area contributed by atoms with Gasteiger partial charge in [0, 0.05) is 12.2 Å². The van der Waals surface area contributed by atoms with Crippen molar-refractivity contribution in [2.45, 2.75) is 32.2 Å². The predicted octanol–water partition coefficient (Wildman–Crippen LogP) is 3.36. The molecule has 0 aromatic carbocycles. The second kappa shape index (κ2) is 4.65. The van der Waals surface area contributed by atoms with Crippen LogP contribution in [0.25, 0.3) is 11.5 Å². The molecule has 0 amide bonds. The van der Waals surface area contributed by atoms with Crippen LogP contribution < -0.4 is 0 Å². The number of rotatable bonds is 3. The smallest absolute Gasteiger partial charge is 0.195 e. The molecule has 1 aliphatic carbocycles. The van der Waals surface area contributed by atoms with Gasteiger partial charge in [-0.2, -0.15) is 5.10 Å². The summed E-state index contributed by atoms with van der Waals surface area (Å²) >= 11 is 5.36. The Kier molecular flexibility index (Phi) is 2.99. The lowest BCUT2D eigenvalue weighted by Gasteiger charge is -2.32. The van der Waals surface area contributed by atoms with E-state index in [1.165, 1.54) is 19.3 Å². The third kappa shape index (κ3) is 1.88. The number of hydrogen-bond acceptors (Lipinski definition) is 3. The highest BCUT2D eigenvalue weighted by Gasteiger charge is 2.27. The summed E-state index contributed by atoms with van der Waals surface area (Å²) in [5.74, 6) is 1.57. The Morgan fingerprint density at radius 3 is 2.89 bits per heavy atom. The molecule has 1 saturated carbocycles. The molecule has 1 N–H and O–H groups in total. The van der Waals surface area contributed by atoms with Crippen molar-refractivity contribution in [1.82, 2.24) is 19.7 Å². The molecule has 0 saturated heterocycles. The van der Waals surface area contributed by atoms with Gasteiger partial charge in [-0.3, -0.25) is 14.6 Å². The molecule has 1 atom stereocenters. The average molecular weight is 260 g/mol. The van der Waals surface area contributed by atoms with Crippen LogP contribution in [0.4, 0.5) is 0 Å². The number of H-pyrrole nitrogens is 1. The fraction of sp³-hybridized carbons (Fsp3) is 0.462. The second-order valence-electron chi connectivity index (χ2n) is 4.87. The van der Waals surface area contributed by atoms with Crippen LogP contribution in [-0.4, -0.2) is 19.7 Å². The summed E-state index contributed by atoms with van der Waals surface area (Å²) in [4.78, 5) is 4.36. The fourth-order valence-electron chi connectivity index (χ4n) is 2.49. The first kappa shape index (κ1) is 11.6. The molecule has 1 aliphatic rings. The van der Waals surface area contributed by atoms with Crippen LogP contribution in [0.3, 0.4) is 0 Å². The largest absolute Gasteiger partial charge is 0.296 e. The molecule has 18 heavy (non-hydrogen) atoms. The number of pyridine rings is 1. The SMILES string of the molecule is CC(C1CCC1)n1c(-c2ccccn2)n[nH]c1=S. The Balaban J connectivity index is 2.03. The fourth-order valence-corrected chi connectivity index (χ4v) is 2.79. The van der Waals surface area contributed by atoms with Crippen LogP contribution in [0.15, 0.2) is 24.4 Å². The summed E-state index contributed by atoms with van der Waals surface area (Å²) in [5, 5.41) is 7.23. The van der Waals surface area contributed by atoms with E-state index in [0.717, 1.165) is 17.4 Å². The Morgan fingerprint density at radius 1 is 1.44 bits per heavy atom. The van der Waals surface area contributed by atoms with Crippen molar-refractivity contribution < 1.29 is 0 Å². The van der Waals surface area contributed by atoms with Gasteiger partial charge in [0.15, 0.2) is 10.6 Å². The monoisotopic (exact) mass is 260 g/mol. The first-order valence-electron chi connectivity index (χ1n) is 6.35. The first-order valence-corrected chi connectivity index (χ1v) is 6.76. The normalized spacial score (nSPS) is 17.4. The number of aromatic nitrogens is 4. The molecular formula is C13H16N4S. The highest BCUT2D eigenvalue weighted by atomic mass is 32.1. The predicted molar refractivity (Wildman–Crippen MR) is 72.7 cm³/mol. The van der Waals surface area contributed by atoms with E-state index in [9.17, 15) is 0 Å². The molecule has 1 fully saturated rings. The van der Waals surface area contributed by atoms with Crippen molar-refractivity contribution in [2.24, 2.45) is 5.92 Å². The van der Waals surface area contributed by atoms with Crippen LogP contribution in [0.5, 0.6) is 0 Å². The molecule has 2 aromatic rings. The van der Waals surface area contributed by atoms with Crippen LogP contribution in [0.2, 0.25) is 0 Å². The van der Waals surface area contributed by atoms with E-state index in [2.05, 4.69) is 26.7 Å². The summed E-state index contributed by atoms with van der Waals surface area (Å²) in [6.07, 6.45) is 5.69. The molecule has 0 aliphatic heterocycles. The highest BCUT2D eigenvalue weighted by molar-refractivity contribution is 7.71. The molecule has 5 heteroatoms. The Hall–Kier alpha value is -1.49. The summed E-state index contributed by atoms with van der Waals surface area (Å²) in [6.45, 7) is 2.22. The Bertz CT molecular complexity index is 583. The molecular weight excluding hydrogens is 244 g/mol. The summed E-state index contributed by atoms with van der Waals surface area (Å²) in [6, 6.07) is 6.24. The van der Waals surface area contributed by atoms with E-state index < -0.39 is 0 Å². The first-order chi connectivity index (χ1) is 8.77. The van der Waals surface area contributed by atoms with Crippen LogP contribution in [-0.2, 0) is 0 Å². The minimum Gasteiger partial charge on any atom is -0.296 e. The van der Waals surface area contributed by atoms with Gasteiger partial charge < -0.3 is 0 Å². The van der Waals surface area contributed by atoms with Crippen molar-refractivity contribution in [3.8, 4) is 11.5 Å². The average Bonchev–Trinajstić information content (AvgIpc) is 2.70. The molecule has 2 aromatic heterocycles. The second-order valence-corrected chi connectivity index (χ2v) is 5.26. The lowest BCUT2D eigenvalue weighted by atomic mass is 9.80. The van der Waals surface area contributed by atoms with Crippen molar-refractivity contribution in [1.29, 1.82) is 0 Å². The van der Waals surface area contributed by atoms with Gasteiger partial charge in [-0.25, -0.2) is 0 Å². The lowest BCUT2D eigenvalue weighted by Crippen LogP contribution is -2.23. The molecule has 94 valence electrons. The maximum absolute atomic E-state index is 5.36. The lowest BCUT2D eigenvalue weighted by molar-refractivity contribution is 0.222. The molecule has 0 spiro atoms. The quantitative estimate of drug-likeness (QED) is 0.861. The van der Waals surface area contributed by atoms with Crippen LogP contribution >= 0.6 is 12.2 Å². The molecule has 0 radical (unpaired) electrons. The van der Waals surface area contributed by atoms with E-state index in [4.69, 9.17) is 12.2 Å². The van der Waals surface area contributed by atoms with E-state index in [1.54, 1.807) is 6.20 Å². The Labute approximate surface area is 111 Å². The van der Waals surface area contributed by atoms with Gasteiger partial charge in [0.05, 0.1) is 0 Å². The zero-order valence-corrected chi connectivity index (χ0v) is 11.2. The number of hydrogen-bond donors (Lipinski definition) is 1. The summed E-state index contributed by atoms with van der Waals surface area (Å²) in [5.41, 5.74) is 0.871. The van der Waals surface area contributed by atoms with Crippen molar-refractivity contribution in [3.05, 3.63) is 29.2 Å². The molecule has 0 bridgehead atoms. The zero-order chi connectivity index (χ0) is 12.5. The third-order valence-corrected chi connectivity index (χ3v) is 4.13. The molecule has 2 heterocycles. The minimum absolute atomic E-state index is 0.391. The standard InChI is InChI=1S/C13H16N4S/c1-9(10-5-4-6-10)17-12(15-16-13(17)18)11-7-2-3-8-14-11/h2-3,7-10H,4-6H2,1H3,(H,16,18). The third-order valence-electron chi connectivity index (χ3n) is 3.84. The molecule has 3 rings (SSSR count). The van der Waals surface area contributed by atoms with Gasteiger partial charge in [-0.15, -0.1) is 0 Å². The van der Waals surface area contributed by atoms with E-state index in [0.29, 0.717) is 10.8 Å². The maximum Gasteiger partial charge on any atom is 0.195 e. The van der Waals surface area contributed by atoms with Gasteiger partial charge in [0.1, 0.15) is 5.69 Å². The van der Waals surface area contributed by atoms with Crippen molar-refractivity contribution in [3.63, 3.8) is 0 Å². The van der Waals surface area contributed by atoms with E-state index in [-0.39, 0.29) is 0 Å². The summed E-state index contributed by atoms with van der Waals surface area (Å²) < 4.78 is 2.80. The molecule has 1 unspecified atom stereocenters. The van der Waals surface area contributed by atoms with Gasteiger partial charge in [-0.05, 0) is 50.0 Å². The van der Waals surface area contributed by atoms with Crippen molar-refractivity contribution >= 4 is 12.2 Å². The van der Waals surface area contributed by atoms with E-state index in [1.807, 2.05) is 18.2 Å². The van der Waals surface area contributed by atoms with Gasteiger partial charge in [0.2, 0.25) is 0 Å². The Morgan fingerprint density at radius 2 is 2.28 bits per heavy atom. The minimum atomic E-state index is 0.391. The van der Waals surface area contributed by atoms with Crippen LogP contribution in [0.1, 0.15) is 32.2 Å². The number of nitrogens with one attached hydrogen (secondary N) is 1. The molecule has 4 nitrogen and oxygen atoms in total. The zero-order valence-electron chi connectivity index (χ0n) is 10.3. The number of nitrogens with zero attached hydrogens (tertiary/aromatic N) is 3.